The Morgan fingerprint density at radius 2 is 1.76 bits per heavy atom. The van der Waals surface area contributed by atoms with Crippen LogP contribution in [0.3, 0.4) is 0 Å². The first-order valence-corrected chi connectivity index (χ1v) is 12.6. The van der Waals surface area contributed by atoms with Crippen LogP contribution in [-0.2, 0) is 0 Å². The highest BCUT2D eigenvalue weighted by molar-refractivity contribution is 6.05. The van der Waals surface area contributed by atoms with Gasteiger partial charge >= 0.3 is 0 Å². The second-order valence-corrected chi connectivity index (χ2v) is 8.93. The molecule has 5 aromatic rings. The van der Waals surface area contributed by atoms with Gasteiger partial charge in [-0.3, -0.25) is 19.4 Å². The normalized spacial score (nSPS) is 10.8. The number of nitrogens with one attached hydrogen (secondary N) is 2. The maximum absolute atomic E-state index is 14.9. The van der Waals surface area contributed by atoms with Crippen molar-refractivity contribution in [3.05, 3.63) is 118 Å². The van der Waals surface area contributed by atoms with Gasteiger partial charge in [-0.05, 0) is 61.0 Å². The smallest absolute Gasteiger partial charge is 0.270 e. The summed E-state index contributed by atoms with van der Waals surface area (Å²) in [6, 6.07) is 15.2. The first-order valence-electron chi connectivity index (χ1n) is 12.6. The van der Waals surface area contributed by atoms with Crippen LogP contribution in [0.5, 0.6) is 11.5 Å². The summed E-state index contributed by atoms with van der Waals surface area (Å²) in [5.41, 5.74) is 0.182. The third kappa shape index (κ3) is 5.93. The van der Waals surface area contributed by atoms with Gasteiger partial charge in [0.15, 0.2) is 11.6 Å². The largest absolute Gasteiger partial charge is 0.454 e. The van der Waals surface area contributed by atoms with E-state index in [1.807, 2.05) is 6.92 Å². The Bertz CT molecular complexity index is 1820. The van der Waals surface area contributed by atoms with Crippen molar-refractivity contribution in [3.8, 4) is 17.2 Å². The zero-order valence-electron chi connectivity index (χ0n) is 21.7. The van der Waals surface area contributed by atoms with Gasteiger partial charge < -0.3 is 19.9 Å². The minimum atomic E-state index is -0.789. The highest BCUT2D eigenvalue weighted by Gasteiger charge is 2.18. The monoisotopic (exact) mass is 555 g/mol. The third-order valence-electron chi connectivity index (χ3n) is 6.03. The van der Waals surface area contributed by atoms with Gasteiger partial charge in [0.05, 0.1) is 5.39 Å². The molecule has 0 aliphatic heterocycles. The quantitative estimate of drug-likeness (QED) is 0.271. The standard InChI is InChI=1S/C30H23F2N5O4/c1-2-12-35-30(40)25-16-21(11-14-33-25)41-26-10-7-19(15-24(26)32)36-29(39)23-17-37(20-8-5-18(31)6-9-20)28-22(27(23)38)4-3-13-34-28/h3-11,13-17H,2,12H2,1H3,(H,35,40)(H,36,39). The van der Waals surface area contributed by atoms with E-state index in [0.717, 1.165) is 12.5 Å². The number of hydrogen-bond acceptors (Lipinski definition) is 6. The number of fused-ring (bicyclic) bond motifs is 1. The molecule has 0 aliphatic carbocycles. The van der Waals surface area contributed by atoms with Crippen molar-refractivity contribution in [3.63, 3.8) is 0 Å². The molecule has 0 bridgehead atoms. The number of hydrogen-bond donors (Lipinski definition) is 2. The number of pyridine rings is 3. The maximum Gasteiger partial charge on any atom is 0.270 e. The SMILES string of the molecule is CCCNC(=O)c1cc(Oc2ccc(NC(=O)c3cn(-c4ccc(F)cc4)c4ncccc4c3=O)cc2F)ccn1. The summed E-state index contributed by atoms with van der Waals surface area (Å²) < 4.78 is 35.6. The van der Waals surface area contributed by atoms with Crippen LogP contribution in [0.25, 0.3) is 16.7 Å². The lowest BCUT2D eigenvalue weighted by Crippen LogP contribution is -2.24. The molecule has 2 N–H and O–H groups in total. The van der Waals surface area contributed by atoms with E-state index in [-0.39, 0.29) is 45.4 Å². The minimum absolute atomic E-state index is 0.0771. The predicted molar refractivity (Wildman–Crippen MR) is 149 cm³/mol. The molecule has 9 nitrogen and oxygen atoms in total. The number of carbonyl (C=O) groups excluding carboxylic acids is 2. The molecule has 2 aromatic carbocycles. The van der Waals surface area contributed by atoms with E-state index in [4.69, 9.17) is 4.74 Å². The van der Waals surface area contributed by atoms with Gasteiger partial charge in [-0.25, -0.2) is 13.8 Å². The number of halogens is 2. The van der Waals surface area contributed by atoms with E-state index in [2.05, 4.69) is 20.6 Å². The fourth-order valence-electron chi connectivity index (χ4n) is 4.04. The Morgan fingerprint density at radius 3 is 2.51 bits per heavy atom. The highest BCUT2D eigenvalue weighted by atomic mass is 19.1. The summed E-state index contributed by atoms with van der Waals surface area (Å²) in [4.78, 5) is 46.8. The summed E-state index contributed by atoms with van der Waals surface area (Å²) in [5, 5.41) is 5.42. The molecule has 0 atom stereocenters. The number of amides is 2. The number of carbonyl (C=O) groups is 2. The van der Waals surface area contributed by atoms with Gasteiger partial charge in [0.1, 0.15) is 28.5 Å². The molecule has 0 radical (unpaired) electrons. The van der Waals surface area contributed by atoms with E-state index in [1.54, 1.807) is 6.07 Å². The predicted octanol–water partition coefficient (Wildman–Crippen LogP) is 5.24. The summed E-state index contributed by atoms with van der Waals surface area (Å²) in [7, 11) is 0. The summed E-state index contributed by atoms with van der Waals surface area (Å²) in [6.07, 6.45) is 4.95. The number of ether oxygens (including phenoxy) is 1. The average molecular weight is 556 g/mol. The number of rotatable bonds is 8. The van der Waals surface area contributed by atoms with E-state index in [1.165, 1.54) is 77.8 Å². The molecule has 0 spiro atoms. The first-order chi connectivity index (χ1) is 19.8. The van der Waals surface area contributed by atoms with Gasteiger partial charge in [0.25, 0.3) is 11.8 Å². The van der Waals surface area contributed by atoms with Crippen molar-refractivity contribution in [1.29, 1.82) is 0 Å². The zero-order chi connectivity index (χ0) is 28.9. The maximum atomic E-state index is 14.9. The van der Waals surface area contributed by atoms with Crippen molar-refractivity contribution in [2.45, 2.75) is 13.3 Å². The molecule has 3 heterocycles. The molecule has 3 aromatic heterocycles. The van der Waals surface area contributed by atoms with E-state index < -0.39 is 23.0 Å². The molecule has 0 aliphatic rings. The van der Waals surface area contributed by atoms with Crippen LogP contribution >= 0.6 is 0 Å². The third-order valence-corrected chi connectivity index (χ3v) is 6.03. The second kappa shape index (κ2) is 11.7. The van der Waals surface area contributed by atoms with Crippen molar-refractivity contribution in [1.82, 2.24) is 19.9 Å². The van der Waals surface area contributed by atoms with Gasteiger partial charge in [0, 0.05) is 48.6 Å². The Labute approximate surface area is 232 Å². The average Bonchev–Trinajstić information content (AvgIpc) is 2.98. The van der Waals surface area contributed by atoms with Gasteiger partial charge in [-0.2, -0.15) is 0 Å². The molecule has 206 valence electrons. The lowest BCUT2D eigenvalue weighted by molar-refractivity contribution is 0.0947. The van der Waals surface area contributed by atoms with Gasteiger partial charge in [0.2, 0.25) is 5.43 Å². The van der Waals surface area contributed by atoms with Crippen LogP contribution in [0, 0.1) is 11.6 Å². The Balaban J connectivity index is 1.39. The molecule has 0 unspecified atom stereocenters. The van der Waals surface area contributed by atoms with E-state index >= 15 is 0 Å². The van der Waals surface area contributed by atoms with Crippen molar-refractivity contribution in [2.24, 2.45) is 0 Å². The van der Waals surface area contributed by atoms with Crippen LogP contribution in [0.4, 0.5) is 14.5 Å². The fourth-order valence-corrected chi connectivity index (χ4v) is 4.04. The van der Waals surface area contributed by atoms with Crippen molar-refractivity contribution in [2.75, 3.05) is 11.9 Å². The van der Waals surface area contributed by atoms with Gasteiger partial charge in [-0.15, -0.1) is 0 Å². The topological polar surface area (TPSA) is 115 Å². The molecule has 0 fully saturated rings. The van der Waals surface area contributed by atoms with Crippen LogP contribution in [0.1, 0.15) is 34.2 Å². The zero-order valence-corrected chi connectivity index (χ0v) is 21.7. The Morgan fingerprint density at radius 1 is 0.951 bits per heavy atom. The highest BCUT2D eigenvalue weighted by Crippen LogP contribution is 2.27. The van der Waals surface area contributed by atoms with Crippen LogP contribution in [0.2, 0.25) is 0 Å². The van der Waals surface area contributed by atoms with Crippen LogP contribution in [0.15, 0.2) is 90.1 Å². The number of aromatic nitrogens is 3. The molecular weight excluding hydrogens is 532 g/mol. The Kier molecular flexibility index (Phi) is 7.77. The second-order valence-electron chi connectivity index (χ2n) is 8.93. The fraction of sp³-hybridized carbons (Fsp3) is 0.100. The molecular formula is C30H23F2N5O4. The van der Waals surface area contributed by atoms with Gasteiger partial charge in [-0.1, -0.05) is 6.92 Å². The van der Waals surface area contributed by atoms with Crippen LogP contribution < -0.4 is 20.8 Å². The number of nitrogens with zero attached hydrogens (tertiary/aromatic N) is 3. The molecule has 5 rings (SSSR count). The number of anilines is 1. The Hall–Kier alpha value is -5.45. The first kappa shape index (κ1) is 27.1. The minimum Gasteiger partial charge on any atom is -0.454 e. The van der Waals surface area contributed by atoms with E-state index in [9.17, 15) is 23.2 Å². The summed E-state index contributed by atoms with van der Waals surface area (Å²) >= 11 is 0. The van der Waals surface area contributed by atoms with E-state index in [0.29, 0.717) is 12.2 Å². The molecule has 41 heavy (non-hydrogen) atoms. The van der Waals surface area contributed by atoms with Crippen molar-refractivity contribution < 1.29 is 23.1 Å². The molecule has 0 saturated heterocycles. The molecule has 0 saturated carbocycles. The summed E-state index contributed by atoms with van der Waals surface area (Å²) in [5.74, 6) is -2.34. The number of benzene rings is 2. The molecule has 2 amide bonds. The van der Waals surface area contributed by atoms with Crippen molar-refractivity contribution >= 4 is 28.5 Å². The van der Waals surface area contributed by atoms with Crippen LogP contribution in [-0.4, -0.2) is 32.9 Å². The lowest BCUT2D eigenvalue weighted by Gasteiger charge is -2.13. The summed E-state index contributed by atoms with van der Waals surface area (Å²) in [6.45, 7) is 2.41. The lowest BCUT2D eigenvalue weighted by atomic mass is 10.1. The molecule has 11 heteroatoms.